The highest BCUT2D eigenvalue weighted by Crippen LogP contribution is 2.18. The Bertz CT molecular complexity index is 136. The fourth-order valence-electron chi connectivity index (χ4n) is 2.15. The zero-order valence-corrected chi connectivity index (χ0v) is 10.4. The predicted octanol–water partition coefficient (Wildman–Crippen LogP) is 2.81. The van der Waals surface area contributed by atoms with E-state index < -0.39 is 0 Å². The maximum atomic E-state index is 6.14. The van der Waals surface area contributed by atoms with Gasteiger partial charge in [-0.3, -0.25) is 0 Å². The van der Waals surface area contributed by atoms with Crippen LogP contribution in [0, 0.1) is 11.8 Å². The van der Waals surface area contributed by atoms with Crippen LogP contribution in [-0.2, 0) is 4.74 Å². The molecule has 0 spiro atoms. The molecule has 0 aliphatic heterocycles. The van der Waals surface area contributed by atoms with Gasteiger partial charge in [-0.2, -0.15) is 0 Å². The minimum Gasteiger partial charge on any atom is -0.380 e. The number of methoxy groups -OCH3 is 1. The summed E-state index contributed by atoms with van der Waals surface area (Å²) in [6, 6.07) is 0.182. The Kier molecular flexibility index (Phi) is 7.20. The van der Waals surface area contributed by atoms with Crippen molar-refractivity contribution in [1.29, 1.82) is 0 Å². The largest absolute Gasteiger partial charge is 0.380 e. The zero-order chi connectivity index (χ0) is 11.1. The van der Waals surface area contributed by atoms with E-state index in [0.29, 0.717) is 11.8 Å². The standard InChI is InChI=1S/C12H27NO/c1-6-7-10(4)8-11(13)12(14-5)9(2)3/h9-12H,6-8,13H2,1-5H3. The first-order valence-electron chi connectivity index (χ1n) is 5.81. The maximum Gasteiger partial charge on any atom is 0.0745 e. The topological polar surface area (TPSA) is 35.2 Å². The average Bonchev–Trinajstić information content (AvgIpc) is 2.04. The molecule has 2 N–H and O–H groups in total. The van der Waals surface area contributed by atoms with E-state index in [2.05, 4.69) is 27.7 Å². The Morgan fingerprint density at radius 2 is 1.79 bits per heavy atom. The van der Waals surface area contributed by atoms with E-state index in [1.165, 1.54) is 12.8 Å². The highest BCUT2D eigenvalue weighted by molar-refractivity contribution is 4.77. The van der Waals surface area contributed by atoms with Gasteiger partial charge in [-0.15, -0.1) is 0 Å². The van der Waals surface area contributed by atoms with Crippen LogP contribution in [0.4, 0.5) is 0 Å². The first-order chi connectivity index (χ1) is 6.52. The van der Waals surface area contributed by atoms with Crippen LogP contribution in [0.3, 0.4) is 0 Å². The highest BCUT2D eigenvalue weighted by atomic mass is 16.5. The summed E-state index contributed by atoms with van der Waals surface area (Å²) in [6.07, 6.45) is 3.79. The molecule has 0 radical (unpaired) electrons. The van der Waals surface area contributed by atoms with Crippen molar-refractivity contribution in [3.63, 3.8) is 0 Å². The van der Waals surface area contributed by atoms with Crippen LogP contribution >= 0.6 is 0 Å². The molecule has 86 valence electrons. The molecule has 2 nitrogen and oxygen atoms in total. The van der Waals surface area contributed by atoms with Gasteiger partial charge < -0.3 is 10.5 Å². The molecule has 0 aliphatic rings. The number of nitrogens with two attached hydrogens (primary N) is 1. The molecule has 0 heterocycles. The van der Waals surface area contributed by atoms with Crippen molar-refractivity contribution in [1.82, 2.24) is 0 Å². The number of ether oxygens (including phenoxy) is 1. The van der Waals surface area contributed by atoms with Crippen LogP contribution < -0.4 is 5.73 Å². The van der Waals surface area contributed by atoms with Crippen LogP contribution in [0.1, 0.15) is 47.0 Å². The quantitative estimate of drug-likeness (QED) is 0.687. The third-order valence-electron chi connectivity index (χ3n) is 2.81. The summed E-state index contributed by atoms with van der Waals surface area (Å²) >= 11 is 0. The zero-order valence-electron chi connectivity index (χ0n) is 10.4. The van der Waals surface area contributed by atoms with Gasteiger partial charge in [0.2, 0.25) is 0 Å². The molecule has 0 amide bonds. The van der Waals surface area contributed by atoms with Crippen molar-refractivity contribution >= 4 is 0 Å². The number of hydrogen-bond donors (Lipinski definition) is 1. The molecule has 2 heteroatoms. The van der Waals surface area contributed by atoms with Crippen molar-refractivity contribution in [3.05, 3.63) is 0 Å². The average molecular weight is 201 g/mol. The summed E-state index contributed by atoms with van der Waals surface area (Å²) in [5.74, 6) is 1.22. The normalized spacial score (nSPS) is 18.2. The van der Waals surface area contributed by atoms with E-state index in [1.54, 1.807) is 7.11 Å². The molecular formula is C12H27NO. The Hall–Kier alpha value is -0.0800. The minimum atomic E-state index is 0.182. The fraction of sp³-hybridized carbons (Fsp3) is 1.00. The Morgan fingerprint density at radius 1 is 1.21 bits per heavy atom. The summed E-state index contributed by atoms with van der Waals surface area (Å²) in [6.45, 7) is 8.83. The van der Waals surface area contributed by atoms with Gasteiger partial charge in [-0.05, 0) is 18.3 Å². The van der Waals surface area contributed by atoms with Gasteiger partial charge in [0.25, 0.3) is 0 Å². The van der Waals surface area contributed by atoms with Crippen molar-refractivity contribution in [2.24, 2.45) is 17.6 Å². The Balaban J connectivity index is 3.96. The first kappa shape index (κ1) is 13.9. The number of hydrogen-bond acceptors (Lipinski definition) is 2. The van der Waals surface area contributed by atoms with Gasteiger partial charge in [-0.25, -0.2) is 0 Å². The SMILES string of the molecule is CCCC(C)CC(N)C(OC)C(C)C. The molecule has 0 aromatic rings. The van der Waals surface area contributed by atoms with Crippen LogP contribution in [0.2, 0.25) is 0 Å². The van der Waals surface area contributed by atoms with Crippen molar-refractivity contribution in [2.75, 3.05) is 7.11 Å². The van der Waals surface area contributed by atoms with Gasteiger partial charge >= 0.3 is 0 Å². The lowest BCUT2D eigenvalue weighted by Crippen LogP contribution is -2.40. The lowest BCUT2D eigenvalue weighted by molar-refractivity contribution is 0.0377. The molecule has 3 unspecified atom stereocenters. The van der Waals surface area contributed by atoms with Gasteiger partial charge in [-0.1, -0.05) is 40.5 Å². The van der Waals surface area contributed by atoms with E-state index in [-0.39, 0.29) is 12.1 Å². The van der Waals surface area contributed by atoms with Crippen molar-refractivity contribution < 1.29 is 4.74 Å². The lowest BCUT2D eigenvalue weighted by atomic mass is 9.90. The predicted molar refractivity (Wildman–Crippen MR) is 62.3 cm³/mol. The molecule has 0 rings (SSSR count). The Labute approximate surface area is 89.2 Å². The van der Waals surface area contributed by atoms with E-state index >= 15 is 0 Å². The second-order valence-electron chi connectivity index (χ2n) is 4.74. The van der Waals surface area contributed by atoms with E-state index in [4.69, 9.17) is 10.5 Å². The third-order valence-corrected chi connectivity index (χ3v) is 2.81. The molecule has 0 aromatic heterocycles. The molecule has 14 heavy (non-hydrogen) atoms. The minimum absolute atomic E-state index is 0.182. The molecule has 0 saturated heterocycles. The molecule has 0 fully saturated rings. The van der Waals surface area contributed by atoms with Crippen LogP contribution in [0.15, 0.2) is 0 Å². The highest BCUT2D eigenvalue weighted by Gasteiger charge is 2.22. The third kappa shape index (κ3) is 4.97. The summed E-state index contributed by atoms with van der Waals surface area (Å²) < 4.78 is 5.43. The summed E-state index contributed by atoms with van der Waals surface area (Å²) in [4.78, 5) is 0. The first-order valence-corrected chi connectivity index (χ1v) is 5.81. The van der Waals surface area contributed by atoms with E-state index in [0.717, 1.165) is 6.42 Å². The van der Waals surface area contributed by atoms with E-state index in [1.807, 2.05) is 0 Å². The molecule has 0 saturated carbocycles. The van der Waals surface area contributed by atoms with Crippen molar-refractivity contribution in [2.45, 2.75) is 59.1 Å². The van der Waals surface area contributed by atoms with Crippen LogP contribution in [-0.4, -0.2) is 19.3 Å². The molecule has 0 aliphatic carbocycles. The monoisotopic (exact) mass is 201 g/mol. The fourth-order valence-corrected chi connectivity index (χ4v) is 2.15. The second kappa shape index (κ2) is 7.24. The molecule has 0 bridgehead atoms. The van der Waals surface area contributed by atoms with E-state index in [9.17, 15) is 0 Å². The van der Waals surface area contributed by atoms with Gasteiger partial charge in [0.15, 0.2) is 0 Å². The van der Waals surface area contributed by atoms with Gasteiger partial charge in [0.05, 0.1) is 6.10 Å². The maximum absolute atomic E-state index is 6.14. The van der Waals surface area contributed by atoms with Crippen molar-refractivity contribution in [3.8, 4) is 0 Å². The summed E-state index contributed by atoms with van der Waals surface area (Å²) in [5.41, 5.74) is 6.14. The second-order valence-corrected chi connectivity index (χ2v) is 4.74. The van der Waals surface area contributed by atoms with Crippen LogP contribution in [0.5, 0.6) is 0 Å². The van der Waals surface area contributed by atoms with Gasteiger partial charge in [0, 0.05) is 13.2 Å². The Morgan fingerprint density at radius 3 is 2.14 bits per heavy atom. The summed E-state index contributed by atoms with van der Waals surface area (Å²) in [7, 11) is 1.76. The summed E-state index contributed by atoms with van der Waals surface area (Å²) in [5, 5.41) is 0. The smallest absolute Gasteiger partial charge is 0.0745 e. The molecule has 0 aromatic carbocycles. The number of rotatable bonds is 7. The molecular weight excluding hydrogens is 174 g/mol. The van der Waals surface area contributed by atoms with Crippen LogP contribution in [0.25, 0.3) is 0 Å². The lowest BCUT2D eigenvalue weighted by Gasteiger charge is -2.27. The molecule has 3 atom stereocenters. The van der Waals surface area contributed by atoms with Gasteiger partial charge in [0.1, 0.15) is 0 Å².